The summed E-state index contributed by atoms with van der Waals surface area (Å²) in [6, 6.07) is 11.8. The highest BCUT2D eigenvalue weighted by Crippen LogP contribution is 2.34. The predicted molar refractivity (Wildman–Crippen MR) is 120 cm³/mol. The van der Waals surface area contributed by atoms with Gasteiger partial charge in [-0.1, -0.05) is 29.8 Å². The quantitative estimate of drug-likeness (QED) is 0.542. The maximum Gasteiger partial charge on any atom is 0.264 e. The Balaban J connectivity index is 1.64. The third-order valence-corrected chi connectivity index (χ3v) is 7.01. The molecule has 1 aliphatic rings. The molecule has 0 aliphatic carbocycles. The summed E-state index contributed by atoms with van der Waals surface area (Å²) in [5, 5.41) is 2.86. The summed E-state index contributed by atoms with van der Waals surface area (Å²) in [6.45, 7) is 3.84. The average molecular weight is 467 g/mol. The Morgan fingerprint density at radius 2 is 2.03 bits per heavy atom. The molecule has 0 radical (unpaired) electrons. The fourth-order valence-electron chi connectivity index (χ4n) is 3.38. The molecule has 1 amide bonds. The molecule has 0 atom stereocenters. The van der Waals surface area contributed by atoms with Gasteiger partial charge in [0.15, 0.2) is 6.61 Å². The van der Waals surface area contributed by atoms with Gasteiger partial charge in [-0.25, -0.2) is 8.42 Å². The minimum atomic E-state index is -3.76. The molecule has 31 heavy (non-hydrogen) atoms. The van der Waals surface area contributed by atoms with E-state index < -0.39 is 10.0 Å². The number of aryl methyl sites for hydroxylation is 1. The smallest absolute Gasteiger partial charge is 0.264 e. The highest BCUT2D eigenvalue weighted by atomic mass is 35.5. The minimum absolute atomic E-state index is 0.0851. The second-order valence-corrected chi connectivity index (χ2v) is 9.36. The van der Waals surface area contributed by atoms with Gasteiger partial charge in [0, 0.05) is 26.3 Å². The lowest BCUT2D eigenvalue weighted by atomic mass is 10.0. The van der Waals surface area contributed by atoms with Gasteiger partial charge >= 0.3 is 0 Å². The number of hydrogen-bond donors (Lipinski definition) is 1. The van der Waals surface area contributed by atoms with E-state index in [9.17, 15) is 13.2 Å². The molecule has 3 rings (SSSR count). The van der Waals surface area contributed by atoms with Gasteiger partial charge in [0.1, 0.15) is 5.75 Å². The van der Waals surface area contributed by atoms with E-state index in [1.165, 1.54) is 22.5 Å². The van der Waals surface area contributed by atoms with Crippen LogP contribution >= 0.6 is 11.6 Å². The lowest BCUT2D eigenvalue weighted by Crippen LogP contribution is -2.35. The van der Waals surface area contributed by atoms with Gasteiger partial charge in [0.25, 0.3) is 15.9 Å². The van der Waals surface area contributed by atoms with Gasteiger partial charge < -0.3 is 14.8 Å². The molecule has 0 fully saturated rings. The third kappa shape index (κ3) is 5.90. The van der Waals surface area contributed by atoms with Crippen molar-refractivity contribution in [3.63, 3.8) is 0 Å². The zero-order valence-electron chi connectivity index (χ0n) is 17.5. The fourth-order valence-corrected chi connectivity index (χ4v) is 5.24. The second-order valence-electron chi connectivity index (χ2n) is 7.09. The molecule has 0 saturated carbocycles. The number of anilines is 1. The number of amides is 1. The van der Waals surface area contributed by atoms with Crippen molar-refractivity contribution in [1.82, 2.24) is 5.32 Å². The van der Waals surface area contributed by atoms with Crippen molar-refractivity contribution in [1.29, 1.82) is 0 Å². The molecule has 168 valence electrons. The number of hydrogen-bond acceptors (Lipinski definition) is 5. The van der Waals surface area contributed by atoms with Crippen molar-refractivity contribution < 1.29 is 22.7 Å². The van der Waals surface area contributed by atoms with Crippen LogP contribution < -0.4 is 14.4 Å². The first kappa shape index (κ1) is 23.4. The number of nitrogens with one attached hydrogen (secondary N) is 1. The number of fused-ring (bicyclic) bond motifs is 1. The van der Waals surface area contributed by atoms with E-state index in [-0.39, 0.29) is 28.2 Å². The largest absolute Gasteiger partial charge is 0.482 e. The van der Waals surface area contributed by atoms with Gasteiger partial charge in [-0.15, -0.1) is 0 Å². The first-order valence-electron chi connectivity index (χ1n) is 10.3. The fraction of sp³-hybridized carbons (Fsp3) is 0.409. The van der Waals surface area contributed by atoms with Crippen LogP contribution in [0.4, 0.5) is 5.69 Å². The molecule has 2 aromatic carbocycles. The average Bonchev–Trinajstić information content (AvgIpc) is 2.77. The molecule has 1 heterocycles. The summed E-state index contributed by atoms with van der Waals surface area (Å²) in [7, 11) is -3.76. The highest BCUT2D eigenvalue weighted by Gasteiger charge is 2.29. The van der Waals surface area contributed by atoms with Crippen LogP contribution in [0.1, 0.15) is 25.3 Å². The van der Waals surface area contributed by atoms with Crippen LogP contribution in [0.3, 0.4) is 0 Å². The number of halogens is 1. The van der Waals surface area contributed by atoms with E-state index in [0.29, 0.717) is 38.4 Å². The maximum absolute atomic E-state index is 13.2. The van der Waals surface area contributed by atoms with Crippen LogP contribution in [-0.4, -0.2) is 47.2 Å². The Morgan fingerprint density at radius 1 is 1.23 bits per heavy atom. The molecule has 1 aliphatic heterocycles. The summed E-state index contributed by atoms with van der Waals surface area (Å²) in [4.78, 5) is 12.0. The van der Waals surface area contributed by atoms with Crippen molar-refractivity contribution >= 4 is 33.2 Å². The van der Waals surface area contributed by atoms with Crippen LogP contribution in [0.15, 0.2) is 47.4 Å². The van der Waals surface area contributed by atoms with Crippen molar-refractivity contribution in [2.45, 2.75) is 31.1 Å². The zero-order chi connectivity index (χ0) is 22.3. The van der Waals surface area contributed by atoms with Crippen molar-refractivity contribution in [3.05, 3.63) is 53.1 Å². The van der Waals surface area contributed by atoms with Crippen molar-refractivity contribution in [2.24, 2.45) is 0 Å². The van der Waals surface area contributed by atoms with E-state index >= 15 is 0 Å². The molecule has 0 saturated heterocycles. The van der Waals surface area contributed by atoms with Gasteiger partial charge in [-0.2, -0.15) is 0 Å². The minimum Gasteiger partial charge on any atom is -0.482 e. The lowest BCUT2D eigenvalue weighted by molar-refractivity contribution is -0.123. The zero-order valence-corrected chi connectivity index (χ0v) is 19.0. The third-order valence-electron chi connectivity index (χ3n) is 4.91. The maximum atomic E-state index is 13.2. The number of carbonyl (C=O) groups excluding carboxylic acids is 1. The molecular formula is C22H27ClN2O5S. The summed E-state index contributed by atoms with van der Waals surface area (Å²) in [5.74, 6) is -0.0293. The SMILES string of the molecule is CCOCCCNC(=O)COc1ccc(S(=O)(=O)N2CCCc3ccccc32)cc1Cl. The van der Waals surface area contributed by atoms with Crippen LogP contribution in [-0.2, 0) is 26.0 Å². The molecule has 0 aromatic heterocycles. The Labute approximate surface area is 188 Å². The Bertz CT molecular complexity index is 1010. The van der Waals surface area contributed by atoms with Gasteiger partial charge in [-0.05, 0) is 56.0 Å². The molecule has 0 spiro atoms. The molecule has 9 heteroatoms. The summed E-state index contributed by atoms with van der Waals surface area (Å²) in [6.07, 6.45) is 2.32. The number of benzene rings is 2. The summed E-state index contributed by atoms with van der Waals surface area (Å²) in [5.41, 5.74) is 1.71. The topological polar surface area (TPSA) is 84.9 Å². The molecule has 0 unspecified atom stereocenters. The number of ether oxygens (including phenoxy) is 2. The summed E-state index contributed by atoms with van der Waals surface area (Å²) < 4.78 is 38.5. The molecule has 1 N–H and O–H groups in total. The first-order valence-corrected chi connectivity index (χ1v) is 12.1. The predicted octanol–water partition coefficient (Wildman–Crippen LogP) is 3.40. The van der Waals surface area contributed by atoms with Crippen molar-refractivity contribution in [2.75, 3.05) is 37.2 Å². The summed E-state index contributed by atoms with van der Waals surface area (Å²) >= 11 is 6.26. The monoisotopic (exact) mass is 466 g/mol. The van der Waals surface area contributed by atoms with Gasteiger partial charge in [0.05, 0.1) is 15.6 Å². The van der Waals surface area contributed by atoms with E-state index in [2.05, 4.69) is 5.32 Å². The van der Waals surface area contributed by atoms with Crippen LogP contribution in [0.2, 0.25) is 5.02 Å². The second kappa shape index (κ2) is 10.8. The molecular weight excluding hydrogens is 440 g/mol. The Hall–Kier alpha value is -2.29. The molecule has 7 nitrogen and oxygen atoms in total. The number of rotatable bonds is 10. The van der Waals surface area contributed by atoms with Crippen LogP contribution in [0.5, 0.6) is 5.75 Å². The van der Waals surface area contributed by atoms with Crippen LogP contribution in [0, 0.1) is 0 Å². The van der Waals surface area contributed by atoms with E-state index in [4.69, 9.17) is 21.1 Å². The standard InChI is InChI=1S/C22H27ClN2O5S/c1-2-29-14-6-12-24-22(26)16-30-21-11-10-18(15-19(21)23)31(27,28)25-13-5-8-17-7-3-4-9-20(17)25/h3-4,7,9-11,15H,2,5-6,8,12-14,16H2,1H3,(H,24,26). The lowest BCUT2D eigenvalue weighted by Gasteiger charge is -2.30. The van der Waals surface area contributed by atoms with Crippen molar-refractivity contribution in [3.8, 4) is 5.75 Å². The number of nitrogens with zero attached hydrogens (tertiary/aromatic N) is 1. The highest BCUT2D eigenvalue weighted by molar-refractivity contribution is 7.92. The van der Waals surface area contributed by atoms with Gasteiger partial charge in [0.2, 0.25) is 0 Å². The van der Waals surface area contributed by atoms with E-state index in [1.807, 2.05) is 31.2 Å². The number of carbonyl (C=O) groups is 1. The van der Waals surface area contributed by atoms with Gasteiger partial charge in [-0.3, -0.25) is 9.10 Å². The number of para-hydroxylation sites is 1. The molecule has 2 aromatic rings. The Morgan fingerprint density at radius 3 is 2.81 bits per heavy atom. The van der Waals surface area contributed by atoms with E-state index in [0.717, 1.165) is 18.4 Å². The normalized spacial score (nSPS) is 13.5. The molecule has 0 bridgehead atoms. The number of sulfonamides is 1. The van der Waals surface area contributed by atoms with Crippen LogP contribution in [0.25, 0.3) is 0 Å². The van der Waals surface area contributed by atoms with E-state index in [1.54, 1.807) is 0 Å². The Kier molecular flexibility index (Phi) is 8.17. The first-order chi connectivity index (χ1) is 14.9.